The van der Waals surface area contributed by atoms with Crippen molar-refractivity contribution in [3.8, 4) is 0 Å². The first kappa shape index (κ1) is 120. The number of nitrogens with one attached hydrogen (secondary N) is 18. The molecular formula is C89H152N22O25. The Balaban J connectivity index is 2.16. The molecule has 0 unspecified atom stereocenters. The van der Waals surface area contributed by atoms with E-state index in [1.807, 2.05) is 6.92 Å². The molecule has 136 heavy (non-hydrogen) atoms. The highest BCUT2D eigenvalue weighted by Gasteiger charge is 2.50. The molecule has 2 saturated heterocycles. The fraction of sp³-hybridized carbons (Fsp3) is 0.742. The highest BCUT2D eigenvalue weighted by molar-refractivity contribution is 6.05. The van der Waals surface area contributed by atoms with Crippen LogP contribution in [0.1, 0.15) is 271 Å². The van der Waals surface area contributed by atoms with Gasteiger partial charge in [-0.15, -0.1) is 0 Å². The number of likely N-dealkylation sites (tertiary alicyclic amines) is 2. The third kappa shape index (κ3) is 36.1. The fourth-order valence-corrected chi connectivity index (χ4v) is 14.2. The van der Waals surface area contributed by atoms with Crippen LogP contribution in [0.5, 0.6) is 0 Å². The Labute approximate surface area is 794 Å². The second-order valence-corrected chi connectivity index (χ2v) is 41.1. The number of aliphatic carboxylic acids is 1. The highest BCUT2D eigenvalue weighted by atomic mass is 16.4. The van der Waals surface area contributed by atoms with Crippen molar-refractivity contribution in [2.45, 2.75) is 381 Å². The maximum atomic E-state index is 14.5. The summed E-state index contributed by atoms with van der Waals surface area (Å²) in [5.74, 6) is -21.3. The van der Waals surface area contributed by atoms with E-state index in [4.69, 9.17) is 11.5 Å². The molecule has 2 aliphatic heterocycles. The van der Waals surface area contributed by atoms with Gasteiger partial charge in [-0.2, -0.15) is 0 Å². The van der Waals surface area contributed by atoms with E-state index in [1.54, 1.807) is 34.6 Å². The van der Waals surface area contributed by atoms with Gasteiger partial charge in [-0.1, -0.05) is 48.0 Å². The molecular weight excluding hydrogens is 1780 g/mol. The zero-order chi connectivity index (χ0) is 105. The smallest absolute Gasteiger partial charge is 0.303 e. The van der Waals surface area contributed by atoms with Gasteiger partial charge in [0.2, 0.25) is 130 Å². The van der Waals surface area contributed by atoms with Gasteiger partial charge in [0.05, 0.1) is 19.2 Å². The lowest BCUT2D eigenvalue weighted by Gasteiger charge is -2.36. The normalized spacial score (nSPS) is 16.3. The molecule has 0 aliphatic carbocycles. The number of carbonyl (C=O) groups is 23. The third-order valence-corrected chi connectivity index (χ3v) is 23.1. The fourth-order valence-electron chi connectivity index (χ4n) is 14.2. The molecule has 22 amide bonds. The minimum atomic E-state index is -1.92. The molecule has 0 radical (unpaired) electrons. The molecule has 0 spiro atoms. The molecule has 0 bridgehead atoms. The molecule has 24 N–H and O–H groups in total. The molecule has 2 aliphatic rings. The van der Waals surface area contributed by atoms with Gasteiger partial charge in [0, 0.05) is 39.3 Å². The third-order valence-electron chi connectivity index (χ3n) is 23.1. The number of hydrogen-bond donors (Lipinski definition) is 22. The Morgan fingerprint density at radius 1 is 0.368 bits per heavy atom. The zero-order valence-electron chi connectivity index (χ0n) is 84.1. The predicted molar refractivity (Wildman–Crippen MR) is 494 cm³/mol. The van der Waals surface area contributed by atoms with Gasteiger partial charge in [-0.05, 0) is 215 Å². The summed E-state index contributed by atoms with van der Waals surface area (Å²) in [7, 11) is 0. The van der Waals surface area contributed by atoms with Gasteiger partial charge < -0.3 is 127 Å². The number of hydrogen-bond acceptors (Lipinski definition) is 24. The Bertz CT molecular complexity index is 4480. The van der Waals surface area contributed by atoms with Crippen LogP contribution in [0.2, 0.25) is 0 Å². The summed E-state index contributed by atoms with van der Waals surface area (Å²) < 4.78 is 0. The number of carboxylic acid groups (broad SMARTS) is 1. The van der Waals surface area contributed by atoms with E-state index in [1.165, 1.54) is 162 Å². The van der Waals surface area contributed by atoms with Crippen molar-refractivity contribution in [3.63, 3.8) is 0 Å². The van der Waals surface area contributed by atoms with E-state index in [0.717, 1.165) is 0 Å². The number of nitrogens with zero attached hydrogens (tertiary/aromatic N) is 2. The van der Waals surface area contributed by atoms with Gasteiger partial charge >= 0.3 is 5.97 Å². The Hall–Kier alpha value is -12.2. The number of nitrogens with two attached hydrogens (primary N) is 2. The Morgan fingerprint density at radius 2 is 0.713 bits per heavy atom. The van der Waals surface area contributed by atoms with Crippen LogP contribution >= 0.6 is 0 Å². The number of amides is 22. The summed E-state index contributed by atoms with van der Waals surface area (Å²) in [5, 5.41) is 65.2. The monoisotopic (exact) mass is 1930 g/mol. The van der Waals surface area contributed by atoms with Crippen LogP contribution in [0.3, 0.4) is 0 Å². The molecule has 0 aromatic rings. The number of carbonyl (C=O) groups excluding carboxylic acids is 22. The maximum Gasteiger partial charge on any atom is 0.303 e. The molecule has 0 aromatic heterocycles. The lowest BCUT2D eigenvalue weighted by Crippen LogP contribution is -2.67. The summed E-state index contributed by atoms with van der Waals surface area (Å²) >= 11 is 0. The Morgan fingerprint density at radius 3 is 1.13 bits per heavy atom. The van der Waals surface area contributed by atoms with Crippen LogP contribution in [0.15, 0.2) is 0 Å². The summed E-state index contributed by atoms with van der Waals surface area (Å²) in [5.41, 5.74) is -7.00. The zero-order valence-corrected chi connectivity index (χ0v) is 84.1. The van der Waals surface area contributed by atoms with E-state index in [0.29, 0.717) is 19.3 Å². The van der Waals surface area contributed by atoms with Crippen molar-refractivity contribution in [2.24, 2.45) is 29.2 Å². The average Bonchev–Trinajstić information content (AvgIpc) is 1.61. The number of carboxylic acids is 1. The van der Waals surface area contributed by atoms with Gasteiger partial charge in [-0.25, -0.2) is 0 Å². The SMILES string of the molecule is CC[C@H](C)[C@@H](CO)NC(=O)[C@H](CCC(N)=O)NC(=O)[C@@H](CCC(=O)O)NC(=O)C(C)(C)NC(=O)C(C)(C)NC(=O)[C@@H](NC(=O)[C@@H]1CCCN1C(=O)C(C)(C)NC(=O)C(C)(C)NC(=O)CNC(=O)C(C)(C)NC(=O)[C@H](CC(C)C)NC(=O)C(C)(C)NC(=O)[C@@H](CCC(N)=O)NC(=O)C(C)(C)NC(=O)C(C)(C)NC(=O)[C@@H](C)NC(=O)C(C)(C)NC(=O)[C@@H]1CCCN1C(=O)C(C)(C)NC(C)=O)C(C)C. The topological polar surface area (TPSA) is 708 Å². The standard InChI is InChI=1S/C89H152N22O25/c1-29-47(6)54(44-112)95-63(120)50(34-37-57(90)114)94-64(121)51(36-39-60(117)118)96-73(130)83(15,16)108-77(134)87(23,24)106-69(126)61(46(4)5)99-67(124)55-32-30-40-110(55)79(136)89(27,28)109-75(132)85(19,20)101-59(116)43-92-70(127)80(9,10)104-66(123)53(42-45(2)3)98-72(129)82(13,14)103-65(122)52(35-38-58(91)115)97-74(131)84(17,18)107-76(133)86(21,22)102-62(119)48(7)93-71(128)81(11,12)105-68(125)56-33-31-41-111(56)78(135)88(25,26)100-49(8)113/h45-48,50-56,61,112H,29-44H2,1-28H3,(H2,90,114)(H2,91,115)(H,92,127)(H,93,128)(H,94,121)(H,95,120)(H,96,130)(H,97,131)(H,98,129)(H,99,124)(H,100,113)(H,101,116)(H,102,119)(H,103,122)(H,104,123)(H,105,125)(H,106,126)(H,107,133)(H,108,134)(H,109,132)(H,117,118)/t47-,48+,50-,51+,52+,53-,54+,55-,56-,61-/m0/s1. The number of primary amides is 2. The molecule has 2 rings (SSSR count). The van der Waals surface area contributed by atoms with Gasteiger partial charge in [-0.3, -0.25) is 110 Å². The second-order valence-electron chi connectivity index (χ2n) is 41.1. The first-order valence-corrected chi connectivity index (χ1v) is 45.5. The van der Waals surface area contributed by atoms with E-state index in [-0.39, 0.29) is 57.0 Å². The quantitative estimate of drug-likeness (QED) is 0.0273. The van der Waals surface area contributed by atoms with Gasteiger partial charge in [0.15, 0.2) is 0 Å². The van der Waals surface area contributed by atoms with Crippen LogP contribution < -0.4 is 107 Å². The summed E-state index contributed by atoms with van der Waals surface area (Å²) in [4.78, 5) is 315. The van der Waals surface area contributed by atoms with E-state index in [9.17, 15) is 120 Å². The van der Waals surface area contributed by atoms with E-state index >= 15 is 0 Å². The van der Waals surface area contributed by atoms with Crippen molar-refractivity contribution in [2.75, 3.05) is 26.2 Å². The molecule has 47 nitrogen and oxygen atoms in total. The molecule has 0 saturated carbocycles. The molecule has 0 aromatic carbocycles. The van der Waals surface area contributed by atoms with E-state index in [2.05, 4.69) is 95.7 Å². The number of aliphatic hydroxyl groups is 1. The van der Waals surface area contributed by atoms with Gasteiger partial charge in [0.1, 0.15) is 104 Å². The van der Waals surface area contributed by atoms with Crippen molar-refractivity contribution >= 4 is 136 Å². The van der Waals surface area contributed by atoms with Crippen LogP contribution in [0, 0.1) is 17.8 Å². The van der Waals surface area contributed by atoms with Crippen LogP contribution in [-0.4, -0.2) is 292 Å². The van der Waals surface area contributed by atoms with Crippen LogP contribution in [-0.2, 0) is 110 Å². The second kappa shape index (κ2) is 49.0. The average molecular weight is 1930 g/mol. The molecule has 10 atom stereocenters. The maximum absolute atomic E-state index is 14.5. The minimum Gasteiger partial charge on any atom is -0.481 e. The molecule has 768 valence electrons. The largest absolute Gasteiger partial charge is 0.481 e. The van der Waals surface area contributed by atoms with Crippen molar-refractivity contribution < 1.29 is 120 Å². The van der Waals surface area contributed by atoms with Crippen molar-refractivity contribution in [3.05, 3.63) is 0 Å². The lowest BCUT2D eigenvalue weighted by atomic mass is 9.96. The first-order chi connectivity index (χ1) is 61.9. The van der Waals surface area contributed by atoms with Crippen LogP contribution in [0.25, 0.3) is 0 Å². The highest BCUT2D eigenvalue weighted by Crippen LogP contribution is 2.27. The summed E-state index contributed by atoms with van der Waals surface area (Å²) in [6.45, 7) is 38.1. The summed E-state index contributed by atoms with van der Waals surface area (Å²) in [6.07, 6.45) is -1.09. The predicted octanol–water partition coefficient (Wildman–Crippen LogP) is -4.40. The summed E-state index contributed by atoms with van der Waals surface area (Å²) in [6, 6.07) is -11.7. The molecule has 2 heterocycles. The molecule has 2 fully saturated rings. The number of aliphatic hydroxyl groups excluding tert-OH is 1. The minimum absolute atomic E-state index is 0.0197. The van der Waals surface area contributed by atoms with Crippen LogP contribution in [0.4, 0.5) is 0 Å². The lowest BCUT2D eigenvalue weighted by molar-refractivity contribution is -0.146. The van der Waals surface area contributed by atoms with Gasteiger partial charge in [0.25, 0.3) is 0 Å². The molecule has 47 heteroatoms. The van der Waals surface area contributed by atoms with Crippen molar-refractivity contribution in [1.29, 1.82) is 0 Å². The number of rotatable bonds is 52. The van der Waals surface area contributed by atoms with Crippen molar-refractivity contribution in [1.82, 2.24) is 106 Å². The first-order valence-electron chi connectivity index (χ1n) is 45.5. The Kier molecular flexibility index (Phi) is 43.2. The van der Waals surface area contributed by atoms with E-state index < -0.39 is 290 Å².